The number of halogens is 1. The predicted octanol–water partition coefficient (Wildman–Crippen LogP) is 2.31. The molecule has 146 valence electrons. The van der Waals surface area contributed by atoms with Crippen LogP contribution in [-0.4, -0.2) is 45.4 Å². The maximum atomic E-state index is 12.5. The van der Waals surface area contributed by atoms with Crippen molar-refractivity contribution in [1.82, 2.24) is 25.1 Å². The summed E-state index contributed by atoms with van der Waals surface area (Å²) in [5, 5.41) is 10.4. The van der Waals surface area contributed by atoms with Crippen LogP contribution >= 0.6 is 12.4 Å². The number of hydrogen-bond acceptors (Lipinski definition) is 6. The van der Waals surface area contributed by atoms with Crippen molar-refractivity contribution in [1.29, 1.82) is 0 Å². The Morgan fingerprint density at radius 1 is 1.29 bits per heavy atom. The Hall–Kier alpha value is -2.81. The lowest BCUT2D eigenvalue weighted by Crippen LogP contribution is -2.33. The molecule has 1 aromatic carbocycles. The van der Waals surface area contributed by atoms with Gasteiger partial charge in [-0.15, -0.1) is 12.4 Å². The second kappa shape index (κ2) is 8.92. The van der Waals surface area contributed by atoms with Crippen molar-refractivity contribution >= 4 is 24.0 Å². The molecule has 8 nitrogen and oxygen atoms in total. The summed E-state index contributed by atoms with van der Waals surface area (Å²) >= 11 is 0. The van der Waals surface area contributed by atoms with Crippen LogP contribution in [0.2, 0.25) is 0 Å². The van der Waals surface area contributed by atoms with Gasteiger partial charge in [-0.2, -0.15) is 5.10 Å². The molecule has 3 heterocycles. The van der Waals surface area contributed by atoms with Crippen molar-refractivity contribution in [2.45, 2.75) is 13.0 Å². The molecule has 1 aliphatic rings. The quantitative estimate of drug-likeness (QED) is 0.698. The SMILES string of the molecule is Cc1ccnc(-n2cc(C(=O)Nc3ccc(C4CNCCO4)cc3)cn2)n1.Cl. The molecular formula is C19H21ClN6O2. The lowest BCUT2D eigenvalue weighted by Gasteiger charge is -2.24. The molecule has 0 spiro atoms. The first-order valence-electron chi connectivity index (χ1n) is 8.77. The fourth-order valence-corrected chi connectivity index (χ4v) is 2.86. The highest BCUT2D eigenvalue weighted by atomic mass is 35.5. The van der Waals surface area contributed by atoms with E-state index in [4.69, 9.17) is 4.74 Å². The van der Waals surface area contributed by atoms with E-state index in [1.807, 2.05) is 31.2 Å². The fraction of sp³-hybridized carbons (Fsp3) is 0.263. The molecule has 9 heteroatoms. The molecule has 4 rings (SSSR count). The monoisotopic (exact) mass is 400 g/mol. The first-order chi connectivity index (χ1) is 13.2. The standard InChI is InChI=1S/C19H20N6O2.ClH/c1-13-6-7-21-19(23-13)25-12-15(10-22-25)18(26)24-16-4-2-14(3-5-16)17-11-20-8-9-27-17;/h2-7,10,12,17,20H,8-9,11H2,1H3,(H,24,26);1H. The fourth-order valence-electron chi connectivity index (χ4n) is 2.86. The van der Waals surface area contributed by atoms with E-state index < -0.39 is 0 Å². The van der Waals surface area contributed by atoms with E-state index in [1.54, 1.807) is 18.5 Å². The highest BCUT2D eigenvalue weighted by Gasteiger charge is 2.16. The second-order valence-corrected chi connectivity index (χ2v) is 6.31. The Labute approximate surface area is 168 Å². The van der Waals surface area contributed by atoms with E-state index in [9.17, 15) is 4.79 Å². The number of amides is 1. The van der Waals surface area contributed by atoms with Gasteiger partial charge in [0.2, 0.25) is 0 Å². The molecule has 1 fully saturated rings. The van der Waals surface area contributed by atoms with Gasteiger partial charge in [0.25, 0.3) is 11.9 Å². The smallest absolute Gasteiger partial charge is 0.258 e. The van der Waals surface area contributed by atoms with Crippen LogP contribution in [0.25, 0.3) is 5.95 Å². The normalized spacial score (nSPS) is 16.2. The largest absolute Gasteiger partial charge is 0.371 e. The zero-order chi connectivity index (χ0) is 18.6. The van der Waals surface area contributed by atoms with E-state index in [1.165, 1.54) is 10.9 Å². The highest BCUT2D eigenvalue weighted by Crippen LogP contribution is 2.21. The van der Waals surface area contributed by atoms with Crippen molar-refractivity contribution < 1.29 is 9.53 Å². The zero-order valence-corrected chi connectivity index (χ0v) is 16.1. The first kappa shape index (κ1) is 19.9. The number of carbonyl (C=O) groups excluding carboxylic acids is 1. The number of nitrogens with zero attached hydrogens (tertiary/aromatic N) is 4. The number of carbonyl (C=O) groups is 1. The number of hydrogen-bond donors (Lipinski definition) is 2. The molecule has 1 aliphatic heterocycles. The molecule has 2 N–H and O–H groups in total. The number of aryl methyl sites for hydroxylation is 1. The number of benzene rings is 1. The first-order valence-corrected chi connectivity index (χ1v) is 8.77. The Balaban J connectivity index is 0.00000225. The molecule has 1 unspecified atom stereocenters. The molecule has 0 radical (unpaired) electrons. The van der Waals surface area contributed by atoms with Crippen LogP contribution in [0.3, 0.4) is 0 Å². The van der Waals surface area contributed by atoms with E-state index in [0.29, 0.717) is 23.8 Å². The molecule has 0 aliphatic carbocycles. The summed E-state index contributed by atoms with van der Waals surface area (Å²) < 4.78 is 7.22. The van der Waals surface area contributed by atoms with E-state index in [0.717, 1.165) is 24.3 Å². The number of nitrogens with one attached hydrogen (secondary N) is 2. The molecule has 28 heavy (non-hydrogen) atoms. The molecule has 0 bridgehead atoms. The van der Waals surface area contributed by atoms with E-state index in [2.05, 4.69) is 25.7 Å². The number of ether oxygens (including phenoxy) is 1. The summed E-state index contributed by atoms with van der Waals surface area (Å²) in [5.74, 6) is 0.191. The van der Waals surface area contributed by atoms with Gasteiger partial charge in [-0.05, 0) is 30.7 Å². The summed E-state index contributed by atoms with van der Waals surface area (Å²) in [4.78, 5) is 20.9. The van der Waals surface area contributed by atoms with Crippen LogP contribution in [0.1, 0.15) is 27.7 Å². The number of aromatic nitrogens is 4. The molecule has 1 atom stereocenters. The van der Waals surface area contributed by atoms with Crippen molar-refractivity contribution in [2.75, 3.05) is 25.0 Å². The van der Waals surface area contributed by atoms with E-state index >= 15 is 0 Å². The zero-order valence-electron chi connectivity index (χ0n) is 15.3. The Morgan fingerprint density at radius 2 is 2.11 bits per heavy atom. The van der Waals surface area contributed by atoms with Crippen LogP contribution in [0.4, 0.5) is 5.69 Å². The van der Waals surface area contributed by atoms with Gasteiger partial charge in [0, 0.05) is 36.9 Å². The maximum Gasteiger partial charge on any atom is 0.258 e. The Morgan fingerprint density at radius 3 is 2.82 bits per heavy atom. The van der Waals surface area contributed by atoms with Gasteiger partial charge in [0.05, 0.1) is 24.5 Å². The summed E-state index contributed by atoms with van der Waals surface area (Å²) in [7, 11) is 0. The number of morpholine rings is 1. The lowest BCUT2D eigenvalue weighted by atomic mass is 10.1. The lowest BCUT2D eigenvalue weighted by molar-refractivity contribution is 0.0277. The predicted molar refractivity (Wildman–Crippen MR) is 107 cm³/mol. The van der Waals surface area contributed by atoms with Gasteiger partial charge in [-0.25, -0.2) is 14.6 Å². The minimum absolute atomic E-state index is 0. The van der Waals surface area contributed by atoms with Gasteiger partial charge < -0.3 is 15.4 Å². The van der Waals surface area contributed by atoms with Crippen molar-refractivity contribution in [2.24, 2.45) is 0 Å². The molecule has 1 amide bonds. The third-order valence-corrected chi connectivity index (χ3v) is 4.30. The summed E-state index contributed by atoms with van der Waals surface area (Å²) in [6.45, 7) is 4.26. The van der Waals surface area contributed by atoms with Crippen molar-refractivity contribution in [3.05, 3.63) is 65.7 Å². The minimum atomic E-state index is -0.239. The second-order valence-electron chi connectivity index (χ2n) is 6.31. The molecule has 0 saturated carbocycles. The van der Waals surface area contributed by atoms with E-state index in [-0.39, 0.29) is 24.4 Å². The maximum absolute atomic E-state index is 12.5. The highest BCUT2D eigenvalue weighted by molar-refractivity contribution is 6.03. The summed E-state index contributed by atoms with van der Waals surface area (Å²) in [6.07, 6.45) is 4.82. The average molecular weight is 401 g/mol. The van der Waals surface area contributed by atoms with Crippen molar-refractivity contribution in [3.63, 3.8) is 0 Å². The third-order valence-electron chi connectivity index (χ3n) is 4.30. The minimum Gasteiger partial charge on any atom is -0.371 e. The van der Waals surface area contributed by atoms with Crippen LogP contribution in [0.15, 0.2) is 48.9 Å². The topological polar surface area (TPSA) is 94.0 Å². The van der Waals surface area contributed by atoms with Crippen LogP contribution in [0, 0.1) is 6.92 Å². The third kappa shape index (κ3) is 4.53. The average Bonchev–Trinajstić information content (AvgIpc) is 3.20. The summed E-state index contributed by atoms with van der Waals surface area (Å²) in [6, 6.07) is 9.49. The Kier molecular flexibility index (Phi) is 6.35. The Bertz CT molecular complexity index is 938. The molecular weight excluding hydrogens is 380 g/mol. The number of anilines is 1. The van der Waals surface area contributed by atoms with Gasteiger partial charge in [0.1, 0.15) is 0 Å². The molecule has 1 saturated heterocycles. The van der Waals surface area contributed by atoms with Gasteiger partial charge >= 0.3 is 0 Å². The van der Waals surface area contributed by atoms with Gasteiger partial charge in [-0.1, -0.05) is 12.1 Å². The molecule has 2 aromatic heterocycles. The van der Waals surface area contributed by atoms with Gasteiger partial charge in [0.15, 0.2) is 0 Å². The van der Waals surface area contributed by atoms with Gasteiger partial charge in [-0.3, -0.25) is 4.79 Å². The number of rotatable bonds is 4. The van der Waals surface area contributed by atoms with Crippen molar-refractivity contribution in [3.8, 4) is 5.95 Å². The van der Waals surface area contributed by atoms with Crippen LogP contribution < -0.4 is 10.6 Å². The summed E-state index contributed by atoms with van der Waals surface area (Å²) in [5.41, 5.74) is 3.07. The van der Waals surface area contributed by atoms with Crippen LogP contribution in [-0.2, 0) is 4.74 Å². The molecule has 3 aromatic rings. The van der Waals surface area contributed by atoms with Crippen LogP contribution in [0.5, 0.6) is 0 Å².